The number of nitrogens with one attached hydrogen (secondary N) is 2. The molecular weight excluding hydrogens is 328 g/mol. The number of nitrogens with zero attached hydrogens (tertiary/aromatic N) is 2. The Morgan fingerprint density at radius 1 is 0.846 bits per heavy atom. The van der Waals surface area contributed by atoms with E-state index in [1.54, 1.807) is 26.5 Å². The van der Waals surface area contributed by atoms with E-state index in [9.17, 15) is 0 Å². The number of hydrogen-bond acceptors (Lipinski definition) is 6. The molecule has 0 aliphatic heterocycles. The van der Waals surface area contributed by atoms with E-state index in [4.69, 9.17) is 9.47 Å². The first-order valence-corrected chi connectivity index (χ1v) is 8.25. The third-order valence-corrected chi connectivity index (χ3v) is 3.97. The van der Waals surface area contributed by atoms with Crippen molar-refractivity contribution in [3.63, 3.8) is 0 Å². The lowest BCUT2D eigenvalue weighted by Gasteiger charge is -2.13. The maximum absolute atomic E-state index is 5.40. The highest BCUT2D eigenvalue weighted by atomic mass is 16.5. The molecule has 6 heteroatoms. The van der Waals surface area contributed by atoms with Gasteiger partial charge in [-0.2, -0.15) is 4.98 Å². The molecule has 0 saturated carbocycles. The first-order chi connectivity index (χ1) is 12.6. The van der Waals surface area contributed by atoms with E-state index in [0.29, 0.717) is 17.5 Å². The maximum Gasteiger partial charge on any atom is 0.229 e. The van der Waals surface area contributed by atoms with Crippen molar-refractivity contribution < 1.29 is 9.47 Å². The van der Waals surface area contributed by atoms with Crippen LogP contribution in [0, 0.1) is 13.8 Å². The van der Waals surface area contributed by atoms with Crippen molar-refractivity contribution in [3.8, 4) is 11.5 Å². The maximum atomic E-state index is 5.40. The molecule has 3 aromatic rings. The average molecular weight is 350 g/mol. The highest BCUT2D eigenvalue weighted by Gasteiger charge is 2.08. The molecule has 6 nitrogen and oxygen atoms in total. The SMILES string of the molecule is COc1ccc(Nc2nccc(Nc3cc(C)ccc3C)n2)c(OC)c1. The van der Waals surface area contributed by atoms with E-state index in [1.165, 1.54) is 5.56 Å². The number of hydrogen-bond donors (Lipinski definition) is 2. The summed E-state index contributed by atoms with van der Waals surface area (Å²) in [4.78, 5) is 8.82. The Balaban J connectivity index is 1.83. The molecule has 134 valence electrons. The zero-order chi connectivity index (χ0) is 18.5. The minimum absolute atomic E-state index is 0.476. The molecule has 2 aromatic carbocycles. The van der Waals surface area contributed by atoms with Crippen LogP contribution in [0.3, 0.4) is 0 Å². The zero-order valence-electron chi connectivity index (χ0n) is 15.3. The number of benzene rings is 2. The number of rotatable bonds is 6. The summed E-state index contributed by atoms with van der Waals surface area (Å²) in [5, 5.41) is 6.53. The molecule has 2 N–H and O–H groups in total. The molecule has 0 saturated heterocycles. The smallest absolute Gasteiger partial charge is 0.229 e. The van der Waals surface area contributed by atoms with Crippen LogP contribution in [0.4, 0.5) is 23.1 Å². The fourth-order valence-electron chi connectivity index (χ4n) is 2.52. The second-order valence-corrected chi connectivity index (χ2v) is 5.90. The minimum Gasteiger partial charge on any atom is -0.497 e. The summed E-state index contributed by atoms with van der Waals surface area (Å²) in [6.45, 7) is 4.12. The summed E-state index contributed by atoms with van der Waals surface area (Å²) in [6, 6.07) is 13.6. The molecule has 0 aliphatic carbocycles. The third-order valence-electron chi connectivity index (χ3n) is 3.97. The zero-order valence-corrected chi connectivity index (χ0v) is 15.3. The molecule has 0 amide bonds. The first kappa shape index (κ1) is 17.5. The van der Waals surface area contributed by atoms with Crippen molar-refractivity contribution in [1.29, 1.82) is 0 Å². The molecule has 3 rings (SSSR count). The van der Waals surface area contributed by atoms with Crippen LogP contribution in [0.5, 0.6) is 11.5 Å². The van der Waals surface area contributed by atoms with Crippen LogP contribution in [-0.2, 0) is 0 Å². The summed E-state index contributed by atoms with van der Waals surface area (Å²) in [6.07, 6.45) is 1.71. The van der Waals surface area contributed by atoms with Gasteiger partial charge >= 0.3 is 0 Å². The fraction of sp³-hybridized carbons (Fsp3) is 0.200. The van der Waals surface area contributed by atoms with Gasteiger partial charge in [0, 0.05) is 18.0 Å². The van der Waals surface area contributed by atoms with Crippen molar-refractivity contribution in [1.82, 2.24) is 9.97 Å². The monoisotopic (exact) mass is 350 g/mol. The summed E-state index contributed by atoms with van der Waals surface area (Å²) in [5.41, 5.74) is 4.13. The number of aromatic nitrogens is 2. The molecule has 0 bridgehead atoms. The normalized spacial score (nSPS) is 10.3. The van der Waals surface area contributed by atoms with Gasteiger partial charge < -0.3 is 20.1 Å². The van der Waals surface area contributed by atoms with Crippen molar-refractivity contribution in [2.45, 2.75) is 13.8 Å². The van der Waals surface area contributed by atoms with E-state index < -0.39 is 0 Å². The number of methoxy groups -OCH3 is 2. The van der Waals surface area contributed by atoms with Crippen LogP contribution < -0.4 is 20.1 Å². The highest BCUT2D eigenvalue weighted by Crippen LogP contribution is 2.31. The molecule has 0 aliphatic rings. The lowest BCUT2D eigenvalue weighted by molar-refractivity contribution is 0.395. The molecule has 26 heavy (non-hydrogen) atoms. The van der Waals surface area contributed by atoms with E-state index in [1.807, 2.05) is 18.2 Å². The quantitative estimate of drug-likeness (QED) is 0.677. The molecule has 0 unspecified atom stereocenters. The van der Waals surface area contributed by atoms with Crippen molar-refractivity contribution in [2.24, 2.45) is 0 Å². The molecule has 1 heterocycles. The Morgan fingerprint density at radius 2 is 1.69 bits per heavy atom. The summed E-state index contributed by atoms with van der Waals surface area (Å²) in [7, 11) is 3.23. The minimum atomic E-state index is 0.476. The van der Waals surface area contributed by atoms with Gasteiger partial charge in [-0.3, -0.25) is 0 Å². The lowest BCUT2D eigenvalue weighted by Crippen LogP contribution is -2.02. The van der Waals surface area contributed by atoms with Crippen molar-refractivity contribution in [3.05, 3.63) is 59.8 Å². The first-order valence-electron chi connectivity index (χ1n) is 8.25. The van der Waals surface area contributed by atoms with Gasteiger partial charge in [-0.25, -0.2) is 4.98 Å². The highest BCUT2D eigenvalue weighted by molar-refractivity contribution is 5.66. The molecule has 0 atom stereocenters. The van der Waals surface area contributed by atoms with Crippen LogP contribution in [-0.4, -0.2) is 24.2 Å². The summed E-state index contributed by atoms with van der Waals surface area (Å²) < 4.78 is 10.6. The Morgan fingerprint density at radius 3 is 2.46 bits per heavy atom. The van der Waals surface area contributed by atoms with Gasteiger partial charge in [0.15, 0.2) is 0 Å². The fourth-order valence-corrected chi connectivity index (χ4v) is 2.52. The molecule has 0 radical (unpaired) electrons. The van der Waals surface area contributed by atoms with Gasteiger partial charge in [0.1, 0.15) is 17.3 Å². The molecule has 1 aromatic heterocycles. The van der Waals surface area contributed by atoms with Gasteiger partial charge in [0.25, 0.3) is 0 Å². The van der Waals surface area contributed by atoms with Gasteiger partial charge in [0.05, 0.1) is 19.9 Å². The second kappa shape index (κ2) is 7.74. The standard InChI is InChI=1S/C20H22N4O2/c1-13-5-6-14(2)17(11-13)22-19-9-10-21-20(24-19)23-16-8-7-15(25-3)12-18(16)26-4/h5-12H,1-4H3,(H2,21,22,23,24). The Bertz CT molecular complexity index is 912. The molecular formula is C20H22N4O2. The van der Waals surface area contributed by atoms with E-state index in [0.717, 1.165) is 22.7 Å². The van der Waals surface area contributed by atoms with E-state index in [-0.39, 0.29) is 0 Å². The number of aryl methyl sites for hydroxylation is 2. The summed E-state index contributed by atoms with van der Waals surface area (Å²) >= 11 is 0. The van der Waals surface area contributed by atoms with Crippen molar-refractivity contribution >= 4 is 23.1 Å². The topological polar surface area (TPSA) is 68.3 Å². The molecule has 0 fully saturated rings. The van der Waals surface area contributed by atoms with Crippen LogP contribution >= 0.6 is 0 Å². The predicted octanol–water partition coefficient (Wildman–Crippen LogP) is 4.60. The largest absolute Gasteiger partial charge is 0.497 e. The predicted molar refractivity (Wildman–Crippen MR) is 104 cm³/mol. The van der Waals surface area contributed by atoms with Gasteiger partial charge in [-0.05, 0) is 49.2 Å². The Hall–Kier alpha value is -3.28. The lowest BCUT2D eigenvalue weighted by atomic mass is 10.1. The number of anilines is 4. The van der Waals surface area contributed by atoms with Gasteiger partial charge in [0.2, 0.25) is 5.95 Å². The summed E-state index contributed by atoms with van der Waals surface area (Å²) in [5.74, 6) is 2.56. The molecule has 0 spiro atoms. The van der Waals surface area contributed by atoms with Crippen LogP contribution in [0.1, 0.15) is 11.1 Å². The second-order valence-electron chi connectivity index (χ2n) is 5.90. The van der Waals surface area contributed by atoms with Crippen LogP contribution in [0.15, 0.2) is 48.7 Å². The average Bonchev–Trinajstić information content (AvgIpc) is 2.65. The van der Waals surface area contributed by atoms with Gasteiger partial charge in [-0.15, -0.1) is 0 Å². The van der Waals surface area contributed by atoms with Crippen LogP contribution in [0.25, 0.3) is 0 Å². The van der Waals surface area contributed by atoms with E-state index in [2.05, 4.69) is 52.6 Å². The third kappa shape index (κ3) is 4.03. The van der Waals surface area contributed by atoms with Gasteiger partial charge in [-0.1, -0.05) is 12.1 Å². The Kier molecular flexibility index (Phi) is 5.22. The van der Waals surface area contributed by atoms with Crippen LogP contribution in [0.2, 0.25) is 0 Å². The Labute approximate surface area is 153 Å². The van der Waals surface area contributed by atoms with Crippen molar-refractivity contribution in [2.75, 3.05) is 24.9 Å². The number of ether oxygens (including phenoxy) is 2. The van der Waals surface area contributed by atoms with E-state index >= 15 is 0 Å².